The fourth-order valence-corrected chi connectivity index (χ4v) is 5.25. The van der Waals surface area contributed by atoms with Gasteiger partial charge in [-0.1, -0.05) is 11.6 Å². The van der Waals surface area contributed by atoms with Crippen molar-refractivity contribution in [2.45, 2.75) is 31.9 Å². The van der Waals surface area contributed by atoms with Gasteiger partial charge in [-0.25, -0.2) is 13.3 Å². The Morgan fingerprint density at radius 2 is 1.94 bits per heavy atom. The molecule has 0 aliphatic carbocycles. The van der Waals surface area contributed by atoms with Gasteiger partial charge in [-0.05, 0) is 43.2 Å². The summed E-state index contributed by atoms with van der Waals surface area (Å²) in [4.78, 5) is 17.9. The van der Waals surface area contributed by atoms with Crippen molar-refractivity contribution in [3.63, 3.8) is 0 Å². The van der Waals surface area contributed by atoms with E-state index in [0.717, 1.165) is 5.52 Å². The van der Waals surface area contributed by atoms with Crippen LogP contribution in [0.4, 0.5) is 8.78 Å². The zero-order valence-corrected chi connectivity index (χ0v) is 20.2. The Balaban J connectivity index is 1.45. The van der Waals surface area contributed by atoms with E-state index >= 15 is 0 Å². The van der Waals surface area contributed by atoms with Crippen LogP contribution in [0.3, 0.4) is 0 Å². The third-order valence-corrected chi connectivity index (χ3v) is 7.42. The minimum Gasteiger partial charge on any atom is -0.415 e. The van der Waals surface area contributed by atoms with Gasteiger partial charge < -0.3 is 4.42 Å². The van der Waals surface area contributed by atoms with E-state index in [4.69, 9.17) is 16.0 Å². The highest BCUT2D eigenvalue weighted by Gasteiger charge is 2.27. The van der Waals surface area contributed by atoms with Crippen LogP contribution in [0.1, 0.15) is 36.9 Å². The fourth-order valence-electron chi connectivity index (χ4n) is 4.36. The number of aromatic nitrogens is 5. The minimum atomic E-state index is -2.85. The van der Waals surface area contributed by atoms with Crippen molar-refractivity contribution < 1.29 is 17.4 Å². The molecule has 0 bridgehead atoms. The molecule has 184 valence electrons. The third-order valence-electron chi connectivity index (χ3n) is 6.10. The first kappa shape index (κ1) is 23.8. The van der Waals surface area contributed by atoms with Gasteiger partial charge >= 0.3 is 12.1 Å². The van der Waals surface area contributed by atoms with E-state index in [1.54, 1.807) is 39.7 Å². The van der Waals surface area contributed by atoms with Crippen LogP contribution in [0.15, 0.2) is 45.7 Å². The van der Waals surface area contributed by atoms with Gasteiger partial charge in [-0.2, -0.15) is 8.78 Å². The van der Waals surface area contributed by atoms with E-state index in [-0.39, 0.29) is 24.2 Å². The summed E-state index contributed by atoms with van der Waals surface area (Å²) < 4.78 is 47.5. The molecule has 35 heavy (non-hydrogen) atoms. The van der Waals surface area contributed by atoms with E-state index < -0.39 is 23.3 Å². The Hall–Kier alpha value is -2.96. The van der Waals surface area contributed by atoms with Gasteiger partial charge in [0.05, 0.1) is 39.8 Å². The molecule has 1 fully saturated rings. The Kier molecular flexibility index (Phi) is 6.51. The molecule has 1 saturated heterocycles. The summed E-state index contributed by atoms with van der Waals surface area (Å²) >= 11 is 6.25. The second-order valence-corrected chi connectivity index (χ2v) is 10.0. The maximum atomic E-state index is 13.6. The molecule has 0 radical (unpaired) electrons. The number of hydrogen-bond donors (Lipinski definition) is 0. The molecule has 0 spiro atoms. The molecule has 1 atom stereocenters. The molecule has 0 N–H and O–H groups in total. The zero-order valence-electron chi connectivity index (χ0n) is 18.6. The highest BCUT2D eigenvalue weighted by Crippen LogP contribution is 2.28. The monoisotopic (exact) mass is 522 g/mol. The highest BCUT2D eigenvalue weighted by molar-refractivity contribution is 7.81. The van der Waals surface area contributed by atoms with Crippen molar-refractivity contribution >= 4 is 33.6 Å². The summed E-state index contributed by atoms with van der Waals surface area (Å²) in [6, 6.07) is 8.63. The molecule has 5 rings (SSSR count). The van der Waals surface area contributed by atoms with E-state index in [1.807, 2.05) is 10.4 Å². The second-order valence-electron chi connectivity index (χ2n) is 8.24. The Morgan fingerprint density at radius 1 is 1.17 bits per heavy atom. The molecular weight excluding hydrogens is 502 g/mol. The number of piperidine rings is 1. The van der Waals surface area contributed by atoms with Gasteiger partial charge in [0.2, 0.25) is 5.89 Å². The summed E-state index contributed by atoms with van der Waals surface area (Å²) in [6.45, 7) is 1.48. The average Bonchev–Trinajstić information content (AvgIpc) is 3.44. The molecule has 4 heterocycles. The van der Waals surface area contributed by atoms with Gasteiger partial charge in [-0.3, -0.25) is 14.1 Å². The summed E-state index contributed by atoms with van der Waals surface area (Å²) in [5.41, 5.74) is 2.26. The smallest absolute Gasteiger partial charge is 0.329 e. The van der Waals surface area contributed by atoms with Crippen molar-refractivity contribution in [1.82, 2.24) is 28.6 Å². The van der Waals surface area contributed by atoms with Crippen molar-refractivity contribution in [3.05, 3.63) is 63.6 Å². The van der Waals surface area contributed by atoms with Crippen LogP contribution in [0.2, 0.25) is 5.02 Å². The summed E-state index contributed by atoms with van der Waals surface area (Å²) in [5, 5.41) is 7.46. The second kappa shape index (κ2) is 9.59. The van der Waals surface area contributed by atoms with Crippen molar-refractivity contribution in [1.29, 1.82) is 0 Å². The SMILES string of the molecule is CS(=O)N1CCC(n2c(=O)n(Cc3ccc(-c4nnc(C(F)F)o4)cn3)c3cc(Cl)ccc32)CC1. The van der Waals surface area contributed by atoms with Crippen LogP contribution < -0.4 is 5.69 Å². The number of pyridine rings is 1. The number of alkyl halides is 2. The summed E-state index contributed by atoms with van der Waals surface area (Å²) in [6.07, 6.45) is 1.67. The number of benzene rings is 1. The number of fused-ring (bicyclic) bond motifs is 1. The summed E-state index contributed by atoms with van der Waals surface area (Å²) in [7, 11) is -1.03. The molecular formula is C22H21ClF2N6O3S. The van der Waals surface area contributed by atoms with Crippen LogP contribution in [0.25, 0.3) is 22.5 Å². The fraction of sp³-hybridized carbons (Fsp3) is 0.364. The first-order valence-corrected chi connectivity index (χ1v) is 12.8. The third kappa shape index (κ3) is 4.65. The minimum absolute atomic E-state index is 0.0240. The molecule has 0 saturated carbocycles. The number of nitrogens with zero attached hydrogens (tertiary/aromatic N) is 6. The highest BCUT2D eigenvalue weighted by atomic mass is 35.5. The number of imidazole rings is 1. The van der Waals surface area contributed by atoms with Crippen LogP contribution in [-0.4, -0.2) is 52.2 Å². The van der Waals surface area contributed by atoms with Crippen LogP contribution >= 0.6 is 11.6 Å². The maximum Gasteiger partial charge on any atom is 0.329 e. The van der Waals surface area contributed by atoms with Gasteiger partial charge in [0.1, 0.15) is 0 Å². The molecule has 1 aromatic carbocycles. The molecule has 13 heteroatoms. The topological polar surface area (TPSA) is 99.1 Å². The van der Waals surface area contributed by atoms with Crippen LogP contribution in [0.5, 0.6) is 0 Å². The van der Waals surface area contributed by atoms with Gasteiger partial charge in [0, 0.05) is 36.6 Å². The van der Waals surface area contributed by atoms with Gasteiger partial charge in [-0.15, -0.1) is 10.2 Å². The first-order valence-electron chi connectivity index (χ1n) is 10.9. The van der Waals surface area contributed by atoms with Crippen molar-refractivity contribution in [2.24, 2.45) is 0 Å². The Labute approximate surface area is 205 Å². The predicted octanol–water partition coefficient (Wildman–Crippen LogP) is 3.82. The molecule has 0 amide bonds. The lowest BCUT2D eigenvalue weighted by molar-refractivity contribution is 0.116. The standard InChI is InChI=1S/C22H21ClF2N6O3S/c1-35(33)29-8-6-16(7-9-29)31-17-5-3-14(23)10-18(17)30(22(31)32)12-15-4-2-13(11-26-15)20-27-28-21(34-20)19(24)25/h2-5,10-11,16,19H,6-9,12H2,1H3. The molecule has 9 nitrogen and oxygen atoms in total. The Morgan fingerprint density at radius 3 is 2.57 bits per heavy atom. The maximum absolute atomic E-state index is 13.6. The number of hydrogen-bond acceptors (Lipinski definition) is 6. The lowest BCUT2D eigenvalue weighted by Crippen LogP contribution is -2.38. The van der Waals surface area contributed by atoms with Crippen LogP contribution in [-0.2, 0) is 17.5 Å². The summed E-state index contributed by atoms with van der Waals surface area (Å²) in [5.74, 6) is -0.810. The Bertz CT molecular complexity index is 1440. The first-order chi connectivity index (χ1) is 16.8. The van der Waals surface area contributed by atoms with E-state index in [0.29, 0.717) is 47.7 Å². The molecule has 1 unspecified atom stereocenters. The molecule has 1 aliphatic heterocycles. The van der Waals surface area contributed by atoms with Crippen molar-refractivity contribution in [3.8, 4) is 11.5 Å². The quantitative estimate of drug-likeness (QED) is 0.382. The normalized spacial score (nSPS) is 16.4. The van der Waals surface area contributed by atoms with Crippen molar-refractivity contribution in [2.75, 3.05) is 19.3 Å². The lowest BCUT2D eigenvalue weighted by Gasteiger charge is -2.30. The number of halogens is 3. The zero-order chi connectivity index (χ0) is 24.7. The van der Waals surface area contributed by atoms with Gasteiger partial charge in [0.15, 0.2) is 0 Å². The van der Waals surface area contributed by atoms with E-state index in [1.165, 1.54) is 6.20 Å². The average molecular weight is 523 g/mol. The molecule has 1 aliphatic rings. The van der Waals surface area contributed by atoms with Gasteiger partial charge in [0.25, 0.3) is 5.89 Å². The van der Waals surface area contributed by atoms with E-state index in [2.05, 4.69) is 15.2 Å². The number of rotatable bonds is 6. The van der Waals surface area contributed by atoms with Crippen LogP contribution in [0, 0.1) is 0 Å². The molecule has 4 aromatic rings. The lowest BCUT2D eigenvalue weighted by atomic mass is 10.1. The predicted molar refractivity (Wildman–Crippen MR) is 127 cm³/mol. The molecule has 3 aromatic heterocycles. The largest absolute Gasteiger partial charge is 0.415 e. The van der Waals surface area contributed by atoms with E-state index in [9.17, 15) is 17.8 Å².